The van der Waals surface area contributed by atoms with Gasteiger partial charge in [0.15, 0.2) is 0 Å². The van der Waals surface area contributed by atoms with Crippen LogP contribution in [0.5, 0.6) is 0 Å². The summed E-state index contributed by atoms with van der Waals surface area (Å²) < 4.78 is 0. The number of nitrogens with zero attached hydrogens (tertiary/aromatic N) is 1. The SMILES string of the molecule is CC1CCN(C(=O)C2CCCCC2N)C1CO. The van der Waals surface area contributed by atoms with Gasteiger partial charge in [0.2, 0.25) is 5.91 Å². The van der Waals surface area contributed by atoms with E-state index in [1.165, 1.54) is 0 Å². The molecule has 2 aliphatic rings. The normalized spacial score (nSPS) is 38.4. The second kappa shape index (κ2) is 5.36. The molecule has 3 N–H and O–H groups in total. The Morgan fingerprint density at radius 2 is 2.06 bits per heavy atom. The molecule has 1 saturated heterocycles. The second-order valence-corrected chi connectivity index (χ2v) is 5.60. The lowest BCUT2D eigenvalue weighted by atomic mass is 9.84. The van der Waals surface area contributed by atoms with E-state index in [9.17, 15) is 9.90 Å². The Balaban J connectivity index is 2.03. The van der Waals surface area contributed by atoms with Crippen LogP contribution < -0.4 is 5.73 Å². The Labute approximate surface area is 103 Å². The molecule has 4 heteroatoms. The van der Waals surface area contributed by atoms with E-state index in [-0.39, 0.29) is 30.5 Å². The van der Waals surface area contributed by atoms with Gasteiger partial charge in [-0.05, 0) is 25.2 Å². The molecule has 0 radical (unpaired) electrons. The molecule has 0 aromatic carbocycles. The zero-order valence-electron chi connectivity index (χ0n) is 10.6. The maximum Gasteiger partial charge on any atom is 0.227 e. The summed E-state index contributed by atoms with van der Waals surface area (Å²) in [6, 6.07) is 0.0307. The van der Waals surface area contributed by atoms with Crippen molar-refractivity contribution in [3.8, 4) is 0 Å². The predicted octanol–water partition coefficient (Wildman–Crippen LogP) is 0.733. The number of hydrogen-bond acceptors (Lipinski definition) is 3. The first-order chi connectivity index (χ1) is 8.15. The van der Waals surface area contributed by atoms with E-state index >= 15 is 0 Å². The van der Waals surface area contributed by atoms with E-state index < -0.39 is 0 Å². The van der Waals surface area contributed by atoms with Crippen molar-refractivity contribution in [3.05, 3.63) is 0 Å². The third-order valence-corrected chi connectivity index (χ3v) is 4.49. The van der Waals surface area contributed by atoms with Crippen LogP contribution in [0.4, 0.5) is 0 Å². The monoisotopic (exact) mass is 240 g/mol. The molecule has 2 fully saturated rings. The molecule has 4 atom stereocenters. The quantitative estimate of drug-likeness (QED) is 0.748. The van der Waals surface area contributed by atoms with Crippen molar-refractivity contribution in [2.75, 3.05) is 13.2 Å². The predicted molar refractivity (Wildman–Crippen MR) is 66.3 cm³/mol. The molecule has 4 unspecified atom stereocenters. The molecule has 1 aliphatic heterocycles. The van der Waals surface area contributed by atoms with Crippen molar-refractivity contribution in [1.82, 2.24) is 4.90 Å². The number of nitrogens with two attached hydrogens (primary N) is 1. The van der Waals surface area contributed by atoms with Crippen LogP contribution in [0.15, 0.2) is 0 Å². The van der Waals surface area contributed by atoms with Gasteiger partial charge in [-0.2, -0.15) is 0 Å². The Morgan fingerprint density at radius 1 is 1.35 bits per heavy atom. The minimum Gasteiger partial charge on any atom is -0.394 e. The number of carbonyl (C=O) groups is 1. The Bertz CT molecular complexity index is 283. The van der Waals surface area contributed by atoms with E-state index in [0.717, 1.165) is 38.6 Å². The highest BCUT2D eigenvalue weighted by molar-refractivity contribution is 5.80. The fourth-order valence-corrected chi connectivity index (χ4v) is 3.24. The summed E-state index contributed by atoms with van der Waals surface area (Å²) in [4.78, 5) is 14.3. The third-order valence-electron chi connectivity index (χ3n) is 4.49. The Kier molecular flexibility index (Phi) is 4.05. The van der Waals surface area contributed by atoms with Crippen LogP contribution >= 0.6 is 0 Å². The van der Waals surface area contributed by atoms with E-state index in [1.807, 2.05) is 4.90 Å². The Morgan fingerprint density at radius 3 is 2.71 bits per heavy atom. The van der Waals surface area contributed by atoms with Gasteiger partial charge in [-0.3, -0.25) is 4.79 Å². The maximum atomic E-state index is 12.5. The molecule has 4 nitrogen and oxygen atoms in total. The summed E-state index contributed by atoms with van der Waals surface area (Å²) in [5, 5.41) is 9.39. The molecule has 0 aromatic heterocycles. The van der Waals surface area contributed by atoms with Gasteiger partial charge in [0, 0.05) is 12.6 Å². The van der Waals surface area contributed by atoms with E-state index in [1.54, 1.807) is 0 Å². The number of aliphatic hydroxyl groups excluding tert-OH is 1. The van der Waals surface area contributed by atoms with Crippen LogP contribution in [-0.4, -0.2) is 41.1 Å². The Hall–Kier alpha value is -0.610. The number of rotatable bonds is 2. The summed E-state index contributed by atoms with van der Waals surface area (Å²) in [6.07, 6.45) is 5.13. The number of aliphatic hydroxyl groups is 1. The first-order valence-electron chi connectivity index (χ1n) is 6.82. The summed E-state index contributed by atoms with van der Waals surface area (Å²) in [5.74, 6) is 0.576. The number of carbonyl (C=O) groups excluding carboxylic acids is 1. The lowest BCUT2D eigenvalue weighted by molar-refractivity contribution is -0.139. The van der Waals surface area contributed by atoms with Gasteiger partial charge >= 0.3 is 0 Å². The van der Waals surface area contributed by atoms with Gasteiger partial charge in [0.1, 0.15) is 0 Å². The minimum absolute atomic E-state index is 0.0108. The standard InChI is InChI=1S/C13H24N2O2/c1-9-6-7-15(12(9)8-16)13(17)10-4-2-3-5-11(10)14/h9-12,16H,2-8,14H2,1H3. The highest BCUT2D eigenvalue weighted by Crippen LogP contribution is 2.30. The van der Waals surface area contributed by atoms with Crippen molar-refractivity contribution < 1.29 is 9.90 Å². The molecule has 1 saturated carbocycles. The molecule has 0 aromatic rings. The number of likely N-dealkylation sites (tertiary alicyclic amines) is 1. The molecule has 0 bridgehead atoms. The highest BCUT2D eigenvalue weighted by atomic mass is 16.3. The lowest BCUT2D eigenvalue weighted by Gasteiger charge is -2.34. The van der Waals surface area contributed by atoms with Crippen molar-refractivity contribution in [1.29, 1.82) is 0 Å². The smallest absolute Gasteiger partial charge is 0.227 e. The topological polar surface area (TPSA) is 66.6 Å². The van der Waals surface area contributed by atoms with Gasteiger partial charge in [0.05, 0.1) is 18.6 Å². The molecule has 1 heterocycles. The molecule has 1 amide bonds. The zero-order chi connectivity index (χ0) is 12.4. The highest BCUT2D eigenvalue weighted by Gasteiger charge is 2.39. The molecular formula is C13H24N2O2. The van der Waals surface area contributed by atoms with E-state index in [2.05, 4.69) is 6.92 Å². The van der Waals surface area contributed by atoms with Gasteiger partial charge in [-0.15, -0.1) is 0 Å². The fourth-order valence-electron chi connectivity index (χ4n) is 3.24. The van der Waals surface area contributed by atoms with Crippen LogP contribution in [0, 0.1) is 11.8 Å². The zero-order valence-corrected chi connectivity index (χ0v) is 10.6. The molecule has 2 rings (SSSR count). The molecular weight excluding hydrogens is 216 g/mol. The summed E-state index contributed by atoms with van der Waals surface area (Å²) in [6.45, 7) is 2.97. The van der Waals surface area contributed by atoms with Gasteiger partial charge in [-0.25, -0.2) is 0 Å². The van der Waals surface area contributed by atoms with Crippen molar-refractivity contribution in [2.24, 2.45) is 17.6 Å². The first kappa shape index (κ1) is 12.8. The van der Waals surface area contributed by atoms with Crippen molar-refractivity contribution in [3.63, 3.8) is 0 Å². The molecule has 1 aliphatic carbocycles. The van der Waals surface area contributed by atoms with Crippen molar-refractivity contribution in [2.45, 2.75) is 51.1 Å². The van der Waals surface area contributed by atoms with Gasteiger partial charge in [0.25, 0.3) is 0 Å². The van der Waals surface area contributed by atoms with Crippen LogP contribution in [0.25, 0.3) is 0 Å². The van der Waals surface area contributed by atoms with Crippen LogP contribution in [0.1, 0.15) is 39.0 Å². The summed E-state index contributed by atoms with van der Waals surface area (Å²) in [5.41, 5.74) is 6.06. The number of amides is 1. The molecule has 0 spiro atoms. The largest absolute Gasteiger partial charge is 0.394 e. The molecule has 98 valence electrons. The minimum atomic E-state index is -0.0110. The fraction of sp³-hybridized carbons (Fsp3) is 0.923. The van der Waals surface area contributed by atoms with Gasteiger partial charge < -0.3 is 15.7 Å². The third kappa shape index (κ3) is 2.47. The van der Waals surface area contributed by atoms with Crippen LogP contribution in [-0.2, 0) is 4.79 Å². The van der Waals surface area contributed by atoms with Crippen LogP contribution in [0.2, 0.25) is 0 Å². The van der Waals surface area contributed by atoms with Gasteiger partial charge in [-0.1, -0.05) is 19.8 Å². The second-order valence-electron chi connectivity index (χ2n) is 5.60. The molecule has 17 heavy (non-hydrogen) atoms. The number of hydrogen-bond donors (Lipinski definition) is 2. The average Bonchev–Trinajstić information content (AvgIpc) is 2.70. The van der Waals surface area contributed by atoms with E-state index in [0.29, 0.717) is 5.92 Å². The lowest BCUT2D eigenvalue weighted by Crippen LogP contribution is -2.48. The van der Waals surface area contributed by atoms with Crippen LogP contribution in [0.3, 0.4) is 0 Å². The summed E-state index contributed by atoms with van der Waals surface area (Å²) >= 11 is 0. The maximum absolute atomic E-state index is 12.5. The van der Waals surface area contributed by atoms with Crippen molar-refractivity contribution >= 4 is 5.91 Å². The van der Waals surface area contributed by atoms with E-state index in [4.69, 9.17) is 5.73 Å². The summed E-state index contributed by atoms with van der Waals surface area (Å²) in [7, 11) is 0. The first-order valence-corrected chi connectivity index (χ1v) is 6.82. The average molecular weight is 240 g/mol.